The Morgan fingerprint density at radius 2 is 1.70 bits per heavy atom. The molecule has 0 fully saturated rings. The van der Waals surface area contributed by atoms with E-state index in [2.05, 4.69) is 10.3 Å². The van der Waals surface area contributed by atoms with E-state index in [4.69, 9.17) is 0 Å². The third-order valence-electron chi connectivity index (χ3n) is 2.87. The molecule has 1 aromatic carbocycles. The molecule has 5 heteroatoms. The summed E-state index contributed by atoms with van der Waals surface area (Å²) in [6.45, 7) is -0.139. The van der Waals surface area contributed by atoms with E-state index in [1.165, 1.54) is 0 Å². The Balaban J connectivity index is 2.13. The third kappa shape index (κ3) is 4.35. The minimum absolute atomic E-state index is 0.139. The maximum atomic E-state index is 12.3. The number of alkyl halides is 3. The fourth-order valence-corrected chi connectivity index (χ4v) is 1.94. The molecule has 2 aromatic rings. The molecule has 0 aliphatic carbocycles. The molecule has 1 atom stereocenters. The molecule has 106 valence electrons. The van der Waals surface area contributed by atoms with Gasteiger partial charge in [-0.25, -0.2) is 0 Å². The number of hydrogen-bond donors (Lipinski definition) is 1. The van der Waals surface area contributed by atoms with Crippen LogP contribution in [0.15, 0.2) is 54.7 Å². The van der Waals surface area contributed by atoms with Crippen molar-refractivity contribution >= 4 is 0 Å². The van der Waals surface area contributed by atoms with Gasteiger partial charge in [-0.3, -0.25) is 4.98 Å². The summed E-state index contributed by atoms with van der Waals surface area (Å²) in [5.41, 5.74) is 1.61. The lowest BCUT2D eigenvalue weighted by molar-refractivity contribution is -0.133. The van der Waals surface area contributed by atoms with Crippen molar-refractivity contribution in [3.8, 4) is 0 Å². The zero-order valence-electron chi connectivity index (χ0n) is 10.8. The van der Waals surface area contributed by atoms with Gasteiger partial charge in [-0.15, -0.1) is 0 Å². The van der Waals surface area contributed by atoms with Crippen LogP contribution < -0.4 is 5.32 Å². The summed E-state index contributed by atoms with van der Waals surface area (Å²) < 4.78 is 36.8. The maximum Gasteiger partial charge on any atom is 0.390 e. The molecule has 0 aliphatic rings. The van der Waals surface area contributed by atoms with Crippen LogP contribution in [0.4, 0.5) is 13.2 Å². The van der Waals surface area contributed by atoms with Gasteiger partial charge in [0.05, 0.1) is 18.2 Å². The molecular weight excluding hydrogens is 265 g/mol. The Morgan fingerprint density at radius 1 is 1.00 bits per heavy atom. The van der Waals surface area contributed by atoms with Crippen molar-refractivity contribution in [1.29, 1.82) is 0 Å². The number of benzene rings is 1. The number of aromatic nitrogens is 1. The summed E-state index contributed by atoms with van der Waals surface area (Å²) in [4.78, 5) is 4.23. The molecule has 1 unspecified atom stereocenters. The van der Waals surface area contributed by atoms with Crippen molar-refractivity contribution in [2.75, 3.05) is 6.54 Å². The Hall–Kier alpha value is -1.88. The number of hydrogen-bond acceptors (Lipinski definition) is 2. The van der Waals surface area contributed by atoms with Gasteiger partial charge in [0.1, 0.15) is 0 Å². The van der Waals surface area contributed by atoms with Gasteiger partial charge < -0.3 is 5.32 Å². The second-order valence-corrected chi connectivity index (χ2v) is 4.42. The smallest absolute Gasteiger partial charge is 0.305 e. The number of nitrogens with zero attached hydrogens (tertiary/aromatic N) is 1. The zero-order valence-corrected chi connectivity index (χ0v) is 10.8. The topological polar surface area (TPSA) is 24.9 Å². The summed E-state index contributed by atoms with van der Waals surface area (Å²) in [6.07, 6.45) is -3.38. The molecule has 0 aliphatic heterocycles. The molecule has 1 aromatic heterocycles. The lowest BCUT2D eigenvalue weighted by atomic mass is 10.0. The summed E-state index contributed by atoms with van der Waals surface area (Å²) in [5, 5.41) is 2.93. The van der Waals surface area contributed by atoms with Gasteiger partial charge >= 0.3 is 6.18 Å². The first-order valence-corrected chi connectivity index (χ1v) is 6.32. The quantitative estimate of drug-likeness (QED) is 0.903. The lowest BCUT2D eigenvalue weighted by Gasteiger charge is -2.19. The molecule has 2 rings (SSSR count). The highest BCUT2D eigenvalue weighted by Crippen LogP contribution is 2.22. The average molecular weight is 280 g/mol. The molecule has 20 heavy (non-hydrogen) atoms. The first kappa shape index (κ1) is 14.5. The summed E-state index contributed by atoms with van der Waals surface area (Å²) in [6, 6.07) is 14.4. The van der Waals surface area contributed by atoms with Crippen molar-refractivity contribution in [2.24, 2.45) is 0 Å². The highest BCUT2D eigenvalue weighted by atomic mass is 19.4. The van der Waals surface area contributed by atoms with Crippen LogP contribution in [0.1, 0.15) is 23.7 Å². The average Bonchev–Trinajstić information content (AvgIpc) is 2.44. The third-order valence-corrected chi connectivity index (χ3v) is 2.87. The fourth-order valence-electron chi connectivity index (χ4n) is 1.94. The van der Waals surface area contributed by atoms with Crippen LogP contribution >= 0.6 is 0 Å². The summed E-state index contributed by atoms with van der Waals surface area (Å²) in [5.74, 6) is 0. The largest absolute Gasteiger partial charge is 0.390 e. The van der Waals surface area contributed by atoms with E-state index in [9.17, 15) is 13.2 Å². The van der Waals surface area contributed by atoms with E-state index in [1.807, 2.05) is 36.4 Å². The molecule has 0 radical (unpaired) electrons. The molecule has 0 saturated carbocycles. The summed E-state index contributed by atoms with van der Waals surface area (Å²) >= 11 is 0. The molecular formula is C15H15F3N2. The maximum absolute atomic E-state index is 12.3. The molecule has 0 spiro atoms. The van der Waals surface area contributed by atoms with Gasteiger partial charge in [0, 0.05) is 12.7 Å². The predicted molar refractivity (Wildman–Crippen MR) is 71.2 cm³/mol. The van der Waals surface area contributed by atoms with E-state index in [0.29, 0.717) is 5.69 Å². The second-order valence-electron chi connectivity index (χ2n) is 4.42. The number of rotatable bonds is 5. The van der Waals surface area contributed by atoms with E-state index >= 15 is 0 Å². The van der Waals surface area contributed by atoms with Crippen LogP contribution in [0.2, 0.25) is 0 Å². The monoisotopic (exact) mass is 280 g/mol. The van der Waals surface area contributed by atoms with E-state index < -0.39 is 12.6 Å². The predicted octanol–water partition coefficient (Wildman–Crippen LogP) is 3.71. The molecule has 0 amide bonds. The number of halogens is 3. The summed E-state index contributed by atoms with van der Waals surface area (Å²) in [7, 11) is 0. The van der Waals surface area contributed by atoms with Crippen LogP contribution in [-0.4, -0.2) is 17.7 Å². The van der Waals surface area contributed by atoms with Crippen molar-refractivity contribution in [3.63, 3.8) is 0 Å². The Morgan fingerprint density at radius 3 is 2.30 bits per heavy atom. The molecule has 0 bridgehead atoms. The van der Waals surface area contributed by atoms with Crippen LogP contribution in [-0.2, 0) is 0 Å². The van der Waals surface area contributed by atoms with E-state index in [-0.39, 0.29) is 12.6 Å². The number of pyridine rings is 1. The fraction of sp³-hybridized carbons (Fsp3) is 0.267. The van der Waals surface area contributed by atoms with Crippen molar-refractivity contribution in [1.82, 2.24) is 10.3 Å². The first-order valence-electron chi connectivity index (χ1n) is 6.32. The van der Waals surface area contributed by atoms with Gasteiger partial charge in [-0.2, -0.15) is 13.2 Å². The zero-order chi connectivity index (χ0) is 14.4. The lowest BCUT2D eigenvalue weighted by Crippen LogP contribution is -2.27. The molecule has 1 heterocycles. The van der Waals surface area contributed by atoms with E-state index in [0.717, 1.165) is 5.56 Å². The van der Waals surface area contributed by atoms with Gasteiger partial charge in [0.25, 0.3) is 0 Å². The standard InChI is InChI=1S/C15H15F3N2/c16-15(17,18)9-11-20-14(12-6-2-1-3-7-12)13-8-4-5-10-19-13/h1-8,10,14,20H,9,11H2. The van der Waals surface area contributed by atoms with Gasteiger partial charge in [0.2, 0.25) is 0 Å². The van der Waals surface area contributed by atoms with E-state index in [1.54, 1.807) is 18.3 Å². The van der Waals surface area contributed by atoms with Crippen LogP contribution in [0.3, 0.4) is 0 Å². The normalized spacial score (nSPS) is 13.2. The van der Waals surface area contributed by atoms with Gasteiger partial charge in [0.15, 0.2) is 0 Å². The van der Waals surface area contributed by atoms with Crippen LogP contribution in [0, 0.1) is 0 Å². The highest BCUT2D eigenvalue weighted by molar-refractivity contribution is 5.27. The second kappa shape index (κ2) is 6.52. The highest BCUT2D eigenvalue weighted by Gasteiger charge is 2.27. The number of nitrogens with one attached hydrogen (secondary N) is 1. The van der Waals surface area contributed by atoms with Crippen LogP contribution in [0.25, 0.3) is 0 Å². The van der Waals surface area contributed by atoms with Gasteiger partial charge in [-0.05, 0) is 17.7 Å². The Kier molecular flexibility index (Phi) is 4.74. The first-order chi connectivity index (χ1) is 9.56. The van der Waals surface area contributed by atoms with Crippen molar-refractivity contribution < 1.29 is 13.2 Å². The minimum Gasteiger partial charge on any atom is -0.305 e. The molecule has 2 nitrogen and oxygen atoms in total. The minimum atomic E-state index is -4.15. The van der Waals surface area contributed by atoms with Crippen LogP contribution in [0.5, 0.6) is 0 Å². The van der Waals surface area contributed by atoms with Crippen molar-refractivity contribution in [3.05, 3.63) is 66.0 Å². The SMILES string of the molecule is FC(F)(F)CCNC(c1ccccc1)c1ccccn1. The Labute approximate surface area is 115 Å². The Bertz CT molecular complexity index is 472. The van der Waals surface area contributed by atoms with Crippen molar-refractivity contribution in [2.45, 2.75) is 18.6 Å². The molecule has 1 N–H and O–H groups in total. The van der Waals surface area contributed by atoms with Gasteiger partial charge in [-0.1, -0.05) is 36.4 Å². The molecule has 0 saturated heterocycles.